The average molecular weight is 328 g/mol. The van der Waals surface area contributed by atoms with E-state index >= 15 is 0 Å². The Morgan fingerprint density at radius 3 is 1.79 bits per heavy atom. The predicted molar refractivity (Wildman–Crippen MR) is 94.4 cm³/mol. The van der Waals surface area contributed by atoms with Gasteiger partial charge >= 0.3 is 11.9 Å². The largest absolute Gasteiger partial charge is 0.481 e. The molecule has 0 fully saturated rings. The van der Waals surface area contributed by atoms with E-state index in [9.17, 15) is 9.59 Å². The number of hydrogen-bond acceptors (Lipinski definition) is 2. The Morgan fingerprint density at radius 1 is 0.875 bits per heavy atom. The summed E-state index contributed by atoms with van der Waals surface area (Å²) in [5.74, 6) is -1.44. The Balaban J connectivity index is 0.000000272. The maximum atomic E-state index is 10.8. The molecule has 2 aromatic carbocycles. The van der Waals surface area contributed by atoms with Gasteiger partial charge in [-0.25, -0.2) is 4.79 Å². The molecule has 1 unspecified atom stereocenters. The van der Waals surface area contributed by atoms with Crippen molar-refractivity contribution in [1.82, 2.24) is 0 Å². The van der Waals surface area contributed by atoms with E-state index in [1.807, 2.05) is 24.3 Å². The van der Waals surface area contributed by atoms with Gasteiger partial charge in [0, 0.05) is 0 Å². The van der Waals surface area contributed by atoms with E-state index in [0.29, 0.717) is 11.5 Å². The van der Waals surface area contributed by atoms with Gasteiger partial charge < -0.3 is 10.2 Å². The molecule has 2 aromatic rings. The number of aliphatic carboxylic acids is 1. The third kappa shape index (κ3) is 6.65. The highest BCUT2D eigenvalue weighted by Crippen LogP contribution is 2.17. The van der Waals surface area contributed by atoms with Gasteiger partial charge in [0.25, 0.3) is 0 Å². The Bertz CT molecular complexity index is 645. The smallest absolute Gasteiger partial charge is 0.335 e. The Kier molecular flexibility index (Phi) is 7.69. The fraction of sp³-hybridized carbons (Fsp3) is 0.300. The van der Waals surface area contributed by atoms with Crippen LogP contribution in [0.25, 0.3) is 0 Å². The van der Waals surface area contributed by atoms with E-state index < -0.39 is 17.9 Å². The molecule has 0 amide bonds. The van der Waals surface area contributed by atoms with E-state index in [0.717, 1.165) is 12.0 Å². The second kappa shape index (κ2) is 9.50. The second-order valence-electron chi connectivity index (χ2n) is 6.07. The Hall–Kier alpha value is -2.62. The summed E-state index contributed by atoms with van der Waals surface area (Å²) in [6.45, 7) is 6.06. The van der Waals surface area contributed by atoms with Crippen molar-refractivity contribution in [1.29, 1.82) is 0 Å². The number of benzene rings is 2. The molecule has 0 saturated carbocycles. The first-order valence-electron chi connectivity index (χ1n) is 7.91. The van der Waals surface area contributed by atoms with Crippen LogP contribution in [-0.4, -0.2) is 22.2 Å². The minimum absolute atomic E-state index is 0.331. The highest BCUT2D eigenvalue weighted by atomic mass is 16.4. The molecular weight excluding hydrogens is 304 g/mol. The summed E-state index contributed by atoms with van der Waals surface area (Å²) in [5.41, 5.74) is 2.47. The van der Waals surface area contributed by atoms with E-state index in [4.69, 9.17) is 10.2 Å². The zero-order valence-electron chi connectivity index (χ0n) is 14.3. The van der Waals surface area contributed by atoms with Gasteiger partial charge in [-0.05, 0) is 42.5 Å². The van der Waals surface area contributed by atoms with E-state index in [2.05, 4.69) is 13.8 Å². The quantitative estimate of drug-likeness (QED) is 0.850. The average Bonchev–Trinajstić information content (AvgIpc) is 2.55. The molecule has 4 nitrogen and oxygen atoms in total. The van der Waals surface area contributed by atoms with Gasteiger partial charge in [-0.15, -0.1) is 0 Å². The summed E-state index contributed by atoms with van der Waals surface area (Å²) in [4.78, 5) is 21.0. The van der Waals surface area contributed by atoms with Crippen molar-refractivity contribution >= 4 is 11.9 Å². The number of carboxylic acid groups (broad SMARTS) is 2. The second-order valence-corrected chi connectivity index (χ2v) is 6.07. The molecule has 2 N–H and O–H groups in total. The van der Waals surface area contributed by atoms with Crippen molar-refractivity contribution in [3.63, 3.8) is 0 Å². The van der Waals surface area contributed by atoms with Crippen LogP contribution in [0.1, 0.15) is 48.2 Å². The Labute approximate surface area is 142 Å². The molecule has 0 aliphatic carbocycles. The summed E-state index contributed by atoms with van der Waals surface area (Å²) in [6, 6.07) is 16.2. The van der Waals surface area contributed by atoms with Crippen molar-refractivity contribution in [3.05, 3.63) is 71.3 Å². The molecule has 2 rings (SSSR count). The molecule has 0 spiro atoms. The molecule has 24 heavy (non-hydrogen) atoms. The molecule has 0 aromatic heterocycles. The highest BCUT2D eigenvalue weighted by Gasteiger charge is 2.12. The van der Waals surface area contributed by atoms with Crippen molar-refractivity contribution in [2.45, 2.75) is 33.1 Å². The maximum absolute atomic E-state index is 10.8. The zero-order valence-corrected chi connectivity index (χ0v) is 14.3. The number of aromatic carboxylic acids is 1. The van der Waals surface area contributed by atoms with E-state index in [-0.39, 0.29) is 0 Å². The van der Waals surface area contributed by atoms with Crippen LogP contribution in [0.4, 0.5) is 0 Å². The van der Waals surface area contributed by atoms with Crippen LogP contribution in [0.15, 0.2) is 54.6 Å². The van der Waals surface area contributed by atoms with Gasteiger partial charge in [-0.1, -0.05) is 56.3 Å². The van der Waals surface area contributed by atoms with E-state index in [1.54, 1.807) is 37.3 Å². The van der Waals surface area contributed by atoms with Crippen molar-refractivity contribution in [3.8, 4) is 0 Å². The van der Waals surface area contributed by atoms with Gasteiger partial charge in [0.1, 0.15) is 0 Å². The van der Waals surface area contributed by atoms with Crippen molar-refractivity contribution < 1.29 is 19.8 Å². The monoisotopic (exact) mass is 328 g/mol. The van der Waals surface area contributed by atoms with Gasteiger partial charge in [0.15, 0.2) is 0 Å². The molecule has 0 saturated heterocycles. The molecule has 0 aliphatic heterocycles. The summed E-state index contributed by atoms with van der Waals surface area (Å²) in [5, 5.41) is 17.2. The van der Waals surface area contributed by atoms with Gasteiger partial charge in [0.05, 0.1) is 11.5 Å². The SMILES string of the molecule is CC(C)Cc1ccc(C(C)C(=O)O)cc1.O=C(O)c1ccccc1. The fourth-order valence-corrected chi connectivity index (χ4v) is 2.14. The highest BCUT2D eigenvalue weighted by molar-refractivity contribution is 5.87. The summed E-state index contributed by atoms with van der Waals surface area (Å²) in [7, 11) is 0. The number of hydrogen-bond donors (Lipinski definition) is 2. The third-order valence-electron chi connectivity index (χ3n) is 3.51. The molecule has 4 heteroatoms. The van der Waals surface area contributed by atoms with Crippen molar-refractivity contribution in [2.75, 3.05) is 0 Å². The van der Waals surface area contributed by atoms with Crippen LogP contribution in [0.3, 0.4) is 0 Å². The third-order valence-corrected chi connectivity index (χ3v) is 3.51. The summed E-state index contributed by atoms with van der Waals surface area (Å²) in [6.07, 6.45) is 1.04. The topological polar surface area (TPSA) is 74.6 Å². The number of rotatable bonds is 5. The molecule has 1 atom stereocenters. The van der Waals surface area contributed by atoms with Gasteiger partial charge in [0.2, 0.25) is 0 Å². The lowest BCUT2D eigenvalue weighted by atomic mass is 9.97. The summed E-state index contributed by atoms with van der Waals surface area (Å²) >= 11 is 0. The lowest BCUT2D eigenvalue weighted by Crippen LogP contribution is -2.07. The molecule has 128 valence electrons. The van der Waals surface area contributed by atoms with Crippen LogP contribution in [0.2, 0.25) is 0 Å². The van der Waals surface area contributed by atoms with Crippen LogP contribution in [0.5, 0.6) is 0 Å². The molecular formula is C20H24O4. The minimum Gasteiger partial charge on any atom is -0.481 e. The molecule has 0 radical (unpaired) electrons. The van der Waals surface area contributed by atoms with Gasteiger partial charge in [-0.3, -0.25) is 4.79 Å². The van der Waals surface area contributed by atoms with E-state index in [1.165, 1.54) is 5.56 Å². The van der Waals surface area contributed by atoms with Gasteiger partial charge in [-0.2, -0.15) is 0 Å². The molecule has 0 bridgehead atoms. The number of carbonyl (C=O) groups is 2. The first-order valence-corrected chi connectivity index (χ1v) is 7.91. The lowest BCUT2D eigenvalue weighted by molar-refractivity contribution is -0.138. The van der Waals surface area contributed by atoms with Crippen LogP contribution < -0.4 is 0 Å². The maximum Gasteiger partial charge on any atom is 0.335 e. The fourth-order valence-electron chi connectivity index (χ4n) is 2.14. The first kappa shape index (κ1) is 19.4. The first-order chi connectivity index (χ1) is 11.3. The van der Waals surface area contributed by atoms with Crippen LogP contribution >= 0.6 is 0 Å². The normalized spacial score (nSPS) is 11.3. The van der Waals surface area contributed by atoms with Crippen LogP contribution in [0, 0.1) is 5.92 Å². The molecule has 0 aliphatic rings. The Morgan fingerprint density at radius 2 is 1.42 bits per heavy atom. The minimum atomic E-state index is -0.879. The van der Waals surface area contributed by atoms with Crippen LogP contribution in [-0.2, 0) is 11.2 Å². The van der Waals surface area contributed by atoms with Crippen molar-refractivity contribution in [2.24, 2.45) is 5.92 Å². The number of carboxylic acids is 2. The summed E-state index contributed by atoms with van der Waals surface area (Å²) < 4.78 is 0. The zero-order chi connectivity index (χ0) is 18.1. The predicted octanol–water partition coefficient (Wildman–Crippen LogP) is 4.46. The lowest BCUT2D eigenvalue weighted by Gasteiger charge is -2.09. The molecule has 0 heterocycles. The standard InChI is InChI=1S/C13H18O2.C7H6O2/c1-9(2)8-11-4-6-12(7-5-11)10(3)13(14)15;8-7(9)6-4-2-1-3-5-6/h4-7,9-10H,8H2,1-3H3,(H,14,15);1-5H,(H,8,9).